The zero-order chi connectivity index (χ0) is 38.4. The number of nitrogens with one attached hydrogen (secondary N) is 3. The molecule has 0 aliphatic carbocycles. The van der Waals surface area contributed by atoms with E-state index in [9.17, 15) is 29.7 Å². The second kappa shape index (κ2) is 20.1. The van der Waals surface area contributed by atoms with Gasteiger partial charge in [0.1, 0.15) is 23.7 Å². The van der Waals surface area contributed by atoms with Crippen LogP contribution in [0.1, 0.15) is 103 Å². The van der Waals surface area contributed by atoms with Crippen molar-refractivity contribution in [2.24, 2.45) is 0 Å². The summed E-state index contributed by atoms with van der Waals surface area (Å²) >= 11 is 0. The zero-order valence-corrected chi connectivity index (χ0v) is 31.4. The summed E-state index contributed by atoms with van der Waals surface area (Å²) in [5.74, 6) is -5.98. The number of hydrogen-bond donors (Lipinski definition) is 4. The van der Waals surface area contributed by atoms with E-state index in [1.54, 1.807) is 14.7 Å². The molecule has 6 atom stereocenters. The maximum atomic E-state index is 10.1. The van der Waals surface area contributed by atoms with Gasteiger partial charge in [0.15, 0.2) is 0 Å². The third-order valence-corrected chi connectivity index (χ3v) is 10.5. The Balaban J connectivity index is 0.000000187. The minimum atomic E-state index is -2.97. The summed E-state index contributed by atoms with van der Waals surface area (Å²) < 4.78 is 0. The average molecular weight is 721 g/mol. The normalized spacial score (nSPS) is 23.6. The molecule has 3 unspecified atom stereocenters. The van der Waals surface area contributed by atoms with Gasteiger partial charge in [0.25, 0.3) is 0 Å². The summed E-state index contributed by atoms with van der Waals surface area (Å²) in [7, 11) is 6.85. The molecule has 0 aromatic carbocycles. The molecule has 3 aliphatic rings. The van der Waals surface area contributed by atoms with Crippen molar-refractivity contribution in [1.29, 1.82) is 0 Å². The van der Waals surface area contributed by atoms with Crippen LogP contribution in [0.15, 0.2) is 55.0 Å². The number of quaternary nitrogens is 3. The fourth-order valence-corrected chi connectivity index (χ4v) is 7.56. The summed E-state index contributed by atoms with van der Waals surface area (Å²) in [5.41, 5.74) is 4.96. The Morgan fingerprint density at radius 3 is 1.12 bits per heavy atom. The van der Waals surface area contributed by atoms with Crippen LogP contribution >= 0.6 is 0 Å². The van der Waals surface area contributed by atoms with E-state index in [-0.39, 0.29) is 0 Å². The van der Waals surface area contributed by atoms with E-state index in [0.717, 1.165) is 0 Å². The van der Waals surface area contributed by atoms with E-state index in [4.69, 9.17) is 5.11 Å². The van der Waals surface area contributed by atoms with Crippen LogP contribution in [0.2, 0.25) is 0 Å². The minimum absolute atomic E-state index is 0.689. The van der Waals surface area contributed by atoms with Gasteiger partial charge in [0.2, 0.25) is 0 Å². The molecule has 6 rings (SSSR count). The highest BCUT2D eigenvalue weighted by atomic mass is 16.4. The van der Waals surface area contributed by atoms with Crippen molar-refractivity contribution in [3.63, 3.8) is 0 Å². The SMILES string of the molecule is Cc1ncccc1[C@@H]1CCC[NH+]1C.Cc1ncccc1[C@@H]1CCC[NH+]1C.Cc1ncccc1[C@@H]1CCC[NH+]1C.O=C([O-])CC(O)(CC(=O)[O-])C(=O)[O-]. The molecule has 0 spiro atoms. The second-order valence-electron chi connectivity index (χ2n) is 14.3. The number of hydrogen-bond acceptors (Lipinski definition) is 10. The first-order chi connectivity index (χ1) is 24.6. The maximum Gasteiger partial charge on any atom is 0.115 e. The molecule has 3 aromatic heterocycles. The van der Waals surface area contributed by atoms with Crippen molar-refractivity contribution in [3.05, 3.63) is 88.8 Å². The van der Waals surface area contributed by atoms with E-state index in [2.05, 4.69) is 75.1 Å². The van der Waals surface area contributed by atoms with Crippen LogP contribution in [0.25, 0.3) is 0 Å². The lowest BCUT2D eigenvalue weighted by Gasteiger charge is -2.29. The molecule has 3 saturated heterocycles. The minimum Gasteiger partial charge on any atom is -0.550 e. The fourth-order valence-electron chi connectivity index (χ4n) is 7.56. The molecular formula is C39H56N6O7. The standard InChI is InChI=1S/3C11H16N2.C6H8O7/c3*1-9-10(5-3-7-12-9)11-6-4-8-13(11)2;7-3(8)1-6(13,5(11)12)2-4(9)10/h3*3,5,7,11H,4,6,8H2,1-2H3;13H,1-2H2,(H,7,8)(H,9,10)(H,11,12)/t3*11-;/m000./s1. The van der Waals surface area contributed by atoms with Crippen LogP contribution < -0.4 is 30.0 Å². The number of nitrogens with zero attached hydrogens (tertiary/aromatic N) is 3. The van der Waals surface area contributed by atoms with E-state index in [1.165, 1.54) is 91.9 Å². The predicted molar refractivity (Wildman–Crippen MR) is 187 cm³/mol. The van der Waals surface area contributed by atoms with E-state index >= 15 is 0 Å². The van der Waals surface area contributed by atoms with Crippen molar-refractivity contribution < 1.29 is 49.5 Å². The van der Waals surface area contributed by atoms with Crippen LogP contribution in [-0.4, -0.2) is 84.3 Å². The molecule has 0 saturated carbocycles. The average Bonchev–Trinajstić information content (AvgIpc) is 3.83. The lowest BCUT2D eigenvalue weighted by molar-refractivity contribution is -0.898. The van der Waals surface area contributed by atoms with Gasteiger partial charge in [-0.1, -0.05) is 0 Å². The lowest BCUT2D eigenvalue weighted by atomic mass is 9.96. The van der Waals surface area contributed by atoms with Crippen molar-refractivity contribution in [2.75, 3.05) is 40.8 Å². The highest BCUT2D eigenvalue weighted by Gasteiger charge is 2.30. The number of likely N-dealkylation sites (tertiary alicyclic amines) is 3. The molecule has 13 nitrogen and oxygen atoms in total. The summed E-state index contributed by atoms with van der Waals surface area (Å²) in [6.45, 7) is 10.2. The monoisotopic (exact) mass is 720 g/mol. The smallest absolute Gasteiger partial charge is 0.115 e. The zero-order valence-electron chi connectivity index (χ0n) is 31.4. The molecule has 52 heavy (non-hydrogen) atoms. The van der Waals surface area contributed by atoms with Crippen LogP contribution in [0.5, 0.6) is 0 Å². The Morgan fingerprint density at radius 2 is 0.923 bits per heavy atom. The summed E-state index contributed by atoms with van der Waals surface area (Å²) in [5, 5.41) is 38.9. The van der Waals surface area contributed by atoms with Crippen LogP contribution in [0.4, 0.5) is 0 Å². The van der Waals surface area contributed by atoms with Crippen molar-refractivity contribution in [1.82, 2.24) is 15.0 Å². The van der Waals surface area contributed by atoms with Gasteiger partial charge in [0.05, 0.1) is 46.7 Å². The number of carbonyl (C=O) groups is 3. The van der Waals surface area contributed by atoms with Crippen molar-refractivity contribution in [3.8, 4) is 0 Å². The maximum absolute atomic E-state index is 10.1. The second-order valence-corrected chi connectivity index (χ2v) is 14.3. The Hall–Kier alpha value is -4.30. The molecule has 6 heterocycles. The third-order valence-electron chi connectivity index (χ3n) is 10.5. The first-order valence-electron chi connectivity index (χ1n) is 18.2. The number of carboxylic acid groups (broad SMARTS) is 3. The number of aliphatic carboxylic acids is 3. The molecule has 3 aliphatic heterocycles. The molecule has 0 radical (unpaired) electrons. The highest BCUT2D eigenvalue weighted by molar-refractivity contribution is 5.86. The predicted octanol–water partition coefficient (Wildman–Crippen LogP) is -3.03. The van der Waals surface area contributed by atoms with Crippen LogP contribution in [0, 0.1) is 20.8 Å². The van der Waals surface area contributed by atoms with Crippen LogP contribution in [-0.2, 0) is 14.4 Å². The first-order valence-corrected chi connectivity index (χ1v) is 18.2. The molecule has 0 amide bonds. The Bertz CT molecular complexity index is 1460. The summed E-state index contributed by atoms with van der Waals surface area (Å²) in [6.07, 6.45) is 10.9. The summed E-state index contributed by atoms with van der Waals surface area (Å²) in [6, 6.07) is 14.9. The quantitative estimate of drug-likeness (QED) is 0.186. The van der Waals surface area contributed by atoms with Gasteiger partial charge in [-0.2, -0.15) is 0 Å². The van der Waals surface area contributed by atoms with E-state index < -0.39 is 36.4 Å². The topological polar surface area (TPSA) is 193 Å². The largest absolute Gasteiger partial charge is 0.550 e. The van der Waals surface area contributed by atoms with Gasteiger partial charge in [-0.25, -0.2) is 0 Å². The van der Waals surface area contributed by atoms with Gasteiger partial charge >= 0.3 is 0 Å². The van der Waals surface area contributed by atoms with Gasteiger partial charge in [-0.3, -0.25) is 15.0 Å². The molecule has 284 valence electrons. The van der Waals surface area contributed by atoms with Gasteiger partial charge in [-0.05, 0) is 57.2 Å². The first kappa shape index (κ1) is 42.1. The third kappa shape index (κ3) is 12.1. The number of aromatic nitrogens is 3. The number of aryl methyl sites for hydroxylation is 3. The number of carbonyl (C=O) groups excluding carboxylic acids is 3. The number of aliphatic hydroxyl groups is 1. The van der Waals surface area contributed by atoms with Crippen molar-refractivity contribution >= 4 is 17.9 Å². The fraction of sp³-hybridized carbons (Fsp3) is 0.538. The molecule has 13 heteroatoms. The molecular weight excluding hydrogens is 664 g/mol. The van der Waals surface area contributed by atoms with Crippen molar-refractivity contribution in [2.45, 2.75) is 95.9 Å². The van der Waals surface area contributed by atoms with Gasteiger partial charge in [-0.15, -0.1) is 0 Å². The Morgan fingerprint density at radius 1 is 0.635 bits per heavy atom. The Labute approximate surface area is 307 Å². The number of pyridine rings is 3. The molecule has 3 fully saturated rings. The summed E-state index contributed by atoms with van der Waals surface area (Å²) in [4.78, 5) is 47.9. The van der Waals surface area contributed by atoms with Gasteiger partial charge in [0, 0.05) is 116 Å². The molecule has 3 aromatic rings. The Kier molecular flexibility index (Phi) is 16.3. The van der Waals surface area contributed by atoms with Crippen LogP contribution in [0.3, 0.4) is 0 Å². The van der Waals surface area contributed by atoms with E-state index in [1.807, 2.05) is 36.8 Å². The van der Waals surface area contributed by atoms with E-state index in [0.29, 0.717) is 18.1 Å². The number of carboxylic acids is 3. The number of rotatable bonds is 8. The van der Waals surface area contributed by atoms with Gasteiger partial charge < -0.3 is 49.5 Å². The molecule has 4 N–H and O–H groups in total. The molecule has 0 bridgehead atoms. The highest BCUT2D eigenvalue weighted by Crippen LogP contribution is 2.22. The lowest BCUT2D eigenvalue weighted by Crippen LogP contribution is -3.07.